The summed E-state index contributed by atoms with van der Waals surface area (Å²) in [6.45, 7) is 0. The van der Waals surface area contributed by atoms with Crippen molar-refractivity contribution in [2.75, 3.05) is 5.32 Å². The van der Waals surface area contributed by atoms with Crippen LogP contribution in [0.5, 0.6) is 0 Å². The van der Waals surface area contributed by atoms with Crippen LogP contribution in [0, 0.1) is 11.3 Å². The topological polar surface area (TPSA) is 90.2 Å². The molecule has 26 heavy (non-hydrogen) atoms. The molecule has 0 aromatic heterocycles. The Morgan fingerprint density at radius 2 is 1.81 bits per heavy atom. The minimum Gasteiger partial charge on any atom is -0.478 e. The number of carboxylic acid groups (broad SMARTS) is 1. The molecule has 128 valence electrons. The molecule has 1 amide bonds. The van der Waals surface area contributed by atoms with Crippen molar-refractivity contribution in [3.63, 3.8) is 0 Å². The number of amides is 1. The lowest BCUT2D eigenvalue weighted by Gasteiger charge is -2.17. The van der Waals surface area contributed by atoms with Gasteiger partial charge in [0.1, 0.15) is 0 Å². The SMILES string of the molecule is N#Cc1ccc(NC(=O)C2=C(c3ccccc3C(=O)O)C=CCC2)cc1. The largest absolute Gasteiger partial charge is 0.478 e. The number of nitrogens with one attached hydrogen (secondary N) is 1. The first-order chi connectivity index (χ1) is 12.6. The van der Waals surface area contributed by atoms with E-state index in [0.717, 1.165) is 6.42 Å². The van der Waals surface area contributed by atoms with Crippen LogP contribution >= 0.6 is 0 Å². The predicted molar refractivity (Wildman–Crippen MR) is 98.5 cm³/mol. The number of carbonyl (C=O) groups is 2. The van der Waals surface area contributed by atoms with Crippen LogP contribution in [0.4, 0.5) is 5.69 Å². The van der Waals surface area contributed by atoms with Gasteiger partial charge in [-0.1, -0.05) is 30.4 Å². The van der Waals surface area contributed by atoms with Gasteiger partial charge in [-0.15, -0.1) is 0 Å². The van der Waals surface area contributed by atoms with Gasteiger partial charge in [-0.2, -0.15) is 5.26 Å². The van der Waals surface area contributed by atoms with Crippen molar-refractivity contribution in [2.45, 2.75) is 12.8 Å². The van der Waals surface area contributed by atoms with Gasteiger partial charge < -0.3 is 10.4 Å². The molecule has 2 aromatic rings. The molecule has 0 aliphatic heterocycles. The second-order valence-corrected chi connectivity index (χ2v) is 5.83. The summed E-state index contributed by atoms with van der Waals surface area (Å²) in [7, 11) is 0. The summed E-state index contributed by atoms with van der Waals surface area (Å²) in [5, 5.41) is 21.1. The predicted octanol–water partition coefficient (Wildman–Crippen LogP) is 4.00. The average molecular weight is 344 g/mol. The van der Waals surface area contributed by atoms with Crippen molar-refractivity contribution in [1.29, 1.82) is 5.26 Å². The zero-order valence-corrected chi connectivity index (χ0v) is 13.9. The minimum absolute atomic E-state index is 0.165. The lowest BCUT2D eigenvalue weighted by atomic mass is 9.89. The summed E-state index contributed by atoms with van der Waals surface area (Å²) >= 11 is 0. The first-order valence-corrected chi connectivity index (χ1v) is 8.14. The van der Waals surface area contributed by atoms with Crippen molar-refractivity contribution in [3.8, 4) is 6.07 Å². The van der Waals surface area contributed by atoms with Crippen LogP contribution in [-0.4, -0.2) is 17.0 Å². The summed E-state index contributed by atoms with van der Waals surface area (Å²) in [4.78, 5) is 24.3. The van der Waals surface area contributed by atoms with Crippen molar-refractivity contribution >= 4 is 23.1 Å². The average Bonchev–Trinajstić information content (AvgIpc) is 2.68. The number of rotatable bonds is 4. The number of carboxylic acids is 1. The van der Waals surface area contributed by atoms with Crippen LogP contribution in [-0.2, 0) is 4.79 Å². The number of hydrogen-bond acceptors (Lipinski definition) is 3. The first kappa shape index (κ1) is 17.2. The van der Waals surface area contributed by atoms with Gasteiger partial charge in [-0.3, -0.25) is 4.79 Å². The van der Waals surface area contributed by atoms with Gasteiger partial charge in [0.2, 0.25) is 0 Å². The van der Waals surface area contributed by atoms with E-state index < -0.39 is 5.97 Å². The highest BCUT2D eigenvalue weighted by Crippen LogP contribution is 2.30. The van der Waals surface area contributed by atoms with Crippen molar-refractivity contribution in [2.24, 2.45) is 0 Å². The fourth-order valence-electron chi connectivity index (χ4n) is 2.89. The number of benzene rings is 2. The van der Waals surface area contributed by atoms with Crippen LogP contribution in [0.15, 0.2) is 66.3 Å². The molecule has 0 saturated carbocycles. The van der Waals surface area contributed by atoms with Gasteiger partial charge in [0.25, 0.3) is 5.91 Å². The summed E-state index contributed by atoms with van der Waals surface area (Å²) < 4.78 is 0. The van der Waals surface area contributed by atoms with Crippen molar-refractivity contribution in [3.05, 3.63) is 82.9 Å². The molecule has 0 atom stereocenters. The molecule has 0 saturated heterocycles. The Balaban J connectivity index is 1.97. The molecule has 0 fully saturated rings. The summed E-state index contributed by atoms with van der Waals surface area (Å²) in [5.41, 5.74) is 2.96. The first-order valence-electron chi connectivity index (χ1n) is 8.14. The van der Waals surface area contributed by atoms with Gasteiger partial charge in [0, 0.05) is 11.3 Å². The molecule has 1 aliphatic carbocycles. The molecule has 0 spiro atoms. The van der Waals surface area contributed by atoms with Crippen LogP contribution in [0.25, 0.3) is 5.57 Å². The van der Waals surface area contributed by atoms with Crippen LogP contribution in [0.2, 0.25) is 0 Å². The Morgan fingerprint density at radius 3 is 2.50 bits per heavy atom. The second kappa shape index (κ2) is 7.49. The molecule has 0 bridgehead atoms. The van der Waals surface area contributed by atoms with Gasteiger partial charge in [-0.05, 0) is 54.3 Å². The molecule has 1 aliphatic rings. The third-order valence-corrected chi connectivity index (χ3v) is 4.16. The molecular formula is C21H16N2O3. The zero-order valence-electron chi connectivity index (χ0n) is 13.9. The number of allylic oxidation sites excluding steroid dienone is 3. The molecule has 0 unspecified atom stereocenters. The van der Waals surface area contributed by atoms with E-state index in [0.29, 0.717) is 34.4 Å². The Labute approximate surface area is 150 Å². The van der Waals surface area contributed by atoms with Crippen molar-refractivity contribution < 1.29 is 14.7 Å². The smallest absolute Gasteiger partial charge is 0.336 e. The number of nitriles is 1. The second-order valence-electron chi connectivity index (χ2n) is 5.83. The van der Waals surface area contributed by atoms with E-state index in [-0.39, 0.29) is 11.5 Å². The quantitative estimate of drug-likeness (QED) is 0.877. The Bertz CT molecular complexity index is 963. The fraction of sp³-hybridized carbons (Fsp3) is 0.0952. The van der Waals surface area contributed by atoms with Crippen LogP contribution < -0.4 is 5.32 Å². The Hall–Kier alpha value is -3.65. The summed E-state index contributed by atoms with van der Waals surface area (Å²) in [5.74, 6) is -1.30. The monoisotopic (exact) mass is 344 g/mol. The molecule has 0 radical (unpaired) electrons. The number of hydrogen-bond donors (Lipinski definition) is 2. The fourth-order valence-corrected chi connectivity index (χ4v) is 2.89. The van der Waals surface area contributed by atoms with E-state index in [4.69, 9.17) is 5.26 Å². The zero-order chi connectivity index (χ0) is 18.5. The van der Waals surface area contributed by atoms with Crippen molar-refractivity contribution in [1.82, 2.24) is 0 Å². The maximum atomic E-state index is 12.8. The molecule has 3 rings (SSSR count). The number of carbonyl (C=O) groups excluding carboxylic acids is 1. The maximum absolute atomic E-state index is 12.8. The lowest BCUT2D eigenvalue weighted by molar-refractivity contribution is -0.112. The molecule has 2 aromatic carbocycles. The van der Waals surface area contributed by atoms with Crippen LogP contribution in [0.1, 0.15) is 34.3 Å². The number of nitrogens with zero attached hydrogens (tertiary/aromatic N) is 1. The Morgan fingerprint density at radius 1 is 1.08 bits per heavy atom. The van der Waals surface area contributed by atoms with E-state index in [1.807, 2.05) is 12.1 Å². The highest BCUT2D eigenvalue weighted by molar-refractivity contribution is 6.11. The molecular weight excluding hydrogens is 328 g/mol. The highest BCUT2D eigenvalue weighted by atomic mass is 16.4. The van der Waals surface area contributed by atoms with Gasteiger partial charge in [0.15, 0.2) is 0 Å². The third kappa shape index (κ3) is 3.55. The van der Waals surface area contributed by atoms with Gasteiger partial charge in [0.05, 0.1) is 17.2 Å². The Kier molecular flexibility index (Phi) is 4.95. The molecule has 2 N–H and O–H groups in total. The number of anilines is 1. The lowest BCUT2D eigenvalue weighted by Crippen LogP contribution is -2.17. The summed E-state index contributed by atoms with van der Waals surface area (Å²) in [6.07, 6.45) is 4.99. The third-order valence-electron chi connectivity index (χ3n) is 4.16. The van der Waals surface area contributed by atoms with E-state index >= 15 is 0 Å². The molecule has 5 heteroatoms. The standard InChI is InChI=1S/C21H16N2O3/c22-13-14-9-11-15(12-10-14)23-20(24)18-7-3-1-5-16(18)17-6-2-4-8-19(17)21(25)26/h1-2,4-6,8-12H,3,7H2,(H,23,24)(H,25,26). The minimum atomic E-state index is -1.03. The molecule has 5 nitrogen and oxygen atoms in total. The maximum Gasteiger partial charge on any atom is 0.336 e. The normalized spacial score (nSPS) is 13.2. The van der Waals surface area contributed by atoms with Crippen LogP contribution in [0.3, 0.4) is 0 Å². The van der Waals surface area contributed by atoms with Gasteiger partial charge >= 0.3 is 5.97 Å². The highest BCUT2D eigenvalue weighted by Gasteiger charge is 2.21. The van der Waals surface area contributed by atoms with E-state index in [1.165, 1.54) is 6.07 Å². The van der Waals surface area contributed by atoms with E-state index in [2.05, 4.69) is 5.32 Å². The van der Waals surface area contributed by atoms with E-state index in [1.54, 1.807) is 48.5 Å². The number of aromatic carboxylic acids is 1. The van der Waals surface area contributed by atoms with E-state index in [9.17, 15) is 14.7 Å². The summed E-state index contributed by atoms with van der Waals surface area (Å²) in [6, 6.07) is 15.3. The van der Waals surface area contributed by atoms with Gasteiger partial charge in [-0.25, -0.2) is 4.79 Å². The molecule has 0 heterocycles.